The maximum absolute atomic E-state index is 12.9. The molecule has 4 nitrogen and oxygen atoms in total. The van der Waals surface area contributed by atoms with E-state index in [1.54, 1.807) is 25.1 Å². The molecule has 0 fully saturated rings. The summed E-state index contributed by atoms with van der Waals surface area (Å²) in [6.07, 6.45) is 0. The standard InChI is InChI=1S/C18H15ClN2O2/c1-11-15(17(22)12-7-3-2-4-8-12)16(21-18(23)20-11)13-9-5-6-10-14(13)19/h2-10,16H,1H3,(H2,20,21,23). The first-order chi connectivity index (χ1) is 11.1. The van der Waals surface area contributed by atoms with Crippen LogP contribution in [0, 0.1) is 0 Å². The van der Waals surface area contributed by atoms with Gasteiger partial charge in [-0.25, -0.2) is 4.79 Å². The van der Waals surface area contributed by atoms with Gasteiger partial charge in [-0.15, -0.1) is 0 Å². The molecule has 2 amide bonds. The van der Waals surface area contributed by atoms with Crippen LogP contribution in [-0.4, -0.2) is 11.8 Å². The third kappa shape index (κ3) is 2.98. The van der Waals surface area contributed by atoms with E-state index in [0.29, 0.717) is 27.4 Å². The Balaban J connectivity index is 2.10. The van der Waals surface area contributed by atoms with Gasteiger partial charge in [0.1, 0.15) is 0 Å². The SMILES string of the molecule is CC1=C(C(=O)c2ccccc2)C(c2ccccc2Cl)NC(=O)N1. The Kier molecular flexibility index (Phi) is 4.17. The average Bonchev–Trinajstić information content (AvgIpc) is 2.55. The Morgan fingerprint density at radius 1 is 1.04 bits per heavy atom. The van der Waals surface area contributed by atoms with E-state index in [0.717, 1.165) is 0 Å². The molecule has 23 heavy (non-hydrogen) atoms. The normalized spacial score (nSPS) is 17.5. The summed E-state index contributed by atoms with van der Waals surface area (Å²) in [6, 6.07) is 15.2. The third-order valence-electron chi connectivity index (χ3n) is 3.77. The number of hydrogen-bond donors (Lipinski definition) is 2. The second-order valence-corrected chi connectivity index (χ2v) is 5.69. The molecular weight excluding hydrogens is 312 g/mol. The highest BCUT2D eigenvalue weighted by molar-refractivity contribution is 6.31. The van der Waals surface area contributed by atoms with Crippen molar-refractivity contribution in [2.24, 2.45) is 0 Å². The van der Waals surface area contributed by atoms with Gasteiger partial charge in [-0.2, -0.15) is 0 Å². The zero-order valence-corrected chi connectivity index (χ0v) is 13.2. The summed E-state index contributed by atoms with van der Waals surface area (Å²) in [5.41, 5.74) is 2.29. The first-order valence-electron chi connectivity index (χ1n) is 7.20. The molecule has 0 aliphatic carbocycles. The van der Waals surface area contributed by atoms with Crippen molar-refractivity contribution in [2.75, 3.05) is 0 Å². The van der Waals surface area contributed by atoms with Crippen LogP contribution >= 0.6 is 11.6 Å². The van der Waals surface area contributed by atoms with Gasteiger partial charge in [-0.3, -0.25) is 4.79 Å². The number of nitrogens with one attached hydrogen (secondary N) is 2. The van der Waals surface area contributed by atoms with Gasteiger partial charge in [0, 0.05) is 21.9 Å². The monoisotopic (exact) mass is 326 g/mol. The van der Waals surface area contributed by atoms with Crippen molar-refractivity contribution >= 4 is 23.4 Å². The lowest BCUT2D eigenvalue weighted by atomic mass is 9.89. The van der Waals surface area contributed by atoms with Crippen LogP contribution in [0.2, 0.25) is 5.02 Å². The summed E-state index contributed by atoms with van der Waals surface area (Å²) in [5, 5.41) is 5.96. The average molecular weight is 327 g/mol. The second-order valence-electron chi connectivity index (χ2n) is 5.29. The highest BCUT2D eigenvalue weighted by atomic mass is 35.5. The van der Waals surface area contributed by atoms with Crippen LogP contribution in [0.5, 0.6) is 0 Å². The van der Waals surface area contributed by atoms with Gasteiger partial charge in [0.2, 0.25) is 0 Å². The van der Waals surface area contributed by atoms with Gasteiger partial charge in [0.25, 0.3) is 0 Å². The molecule has 0 saturated heterocycles. The van der Waals surface area contributed by atoms with E-state index in [1.165, 1.54) is 0 Å². The lowest BCUT2D eigenvalue weighted by molar-refractivity contribution is 0.102. The van der Waals surface area contributed by atoms with Crippen LogP contribution in [0.1, 0.15) is 28.9 Å². The van der Waals surface area contributed by atoms with Gasteiger partial charge in [-0.1, -0.05) is 60.1 Å². The van der Waals surface area contributed by atoms with Gasteiger partial charge in [0.05, 0.1) is 6.04 Å². The number of benzene rings is 2. The molecule has 1 aliphatic heterocycles. The molecular formula is C18H15ClN2O2. The summed E-state index contributed by atoms with van der Waals surface area (Å²) in [5.74, 6) is -0.138. The number of amides is 2. The number of ketones is 1. The summed E-state index contributed by atoms with van der Waals surface area (Å²) in [4.78, 5) is 24.8. The molecule has 1 atom stereocenters. The zero-order chi connectivity index (χ0) is 16.4. The Morgan fingerprint density at radius 2 is 1.70 bits per heavy atom. The smallest absolute Gasteiger partial charge is 0.319 e. The number of carbonyl (C=O) groups is 2. The highest BCUT2D eigenvalue weighted by Gasteiger charge is 2.32. The number of rotatable bonds is 3. The van der Waals surface area contributed by atoms with Crippen LogP contribution in [0.15, 0.2) is 65.9 Å². The minimum absolute atomic E-state index is 0.138. The van der Waals surface area contributed by atoms with E-state index in [2.05, 4.69) is 10.6 Å². The highest BCUT2D eigenvalue weighted by Crippen LogP contribution is 2.33. The molecule has 1 heterocycles. The van der Waals surface area contributed by atoms with Crippen molar-refractivity contribution in [3.63, 3.8) is 0 Å². The predicted molar refractivity (Wildman–Crippen MR) is 89.3 cm³/mol. The Labute approximate surface area is 139 Å². The molecule has 3 rings (SSSR count). The van der Waals surface area contributed by atoms with Gasteiger partial charge in [0.15, 0.2) is 5.78 Å². The van der Waals surface area contributed by atoms with Crippen LogP contribution in [0.4, 0.5) is 4.79 Å². The van der Waals surface area contributed by atoms with E-state index in [4.69, 9.17) is 11.6 Å². The molecule has 0 bridgehead atoms. The molecule has 2 aromatic rings. The van der Waals surface area contributed by atoms with Crippen LogP contribution < -0.4 is 10.6 Å². The summed E-state index contributed by atoms with van der Waals surface area (Å²) in [7, 11) is 0. The molecule has 116 valence electrons. The molecule has 0 spiro atoms. The predicted octanol–water partition coefficient (Wildman–Crippen LogP) is 3.85. The van der Waals surface area contributed by atoms with Crippen LogP contribution in [0.25, 0.3) is 0 Å². The first kappa shape index (κ1) is 15.3. The topological polar surface area (TPSA) is 58.2 Å². The Bertz CT molecular complexity index is 800. The molecule has 0 radical (unpaired) electrons. The van der Waals surface area contributed by atoms with E-state index >= 15 is 0 Å². The first-order valence-corrected chi connectivity index (χ1v) is 7.58. The van der Waals surface area contributed by atoms with Crippen molar-refractivity contribution in [3.05, 3.63) is 82.0 Å². The summed E-state index contributed by atoms with van der Waals surface area (Å²) < 4.78 is 0. The van der Waals surface area contributed by atoms with Crippen molar-refractivity contribution < 1.29 is 9.59 Å². The second kappa shape index (κ2) is 6.26. The Hall–Kier alpha value is -2.59. The van der Waals surface area contributed by atoms with E-state index < -0.39 is 6.04 Å². The molecule has 5 heteroatoms. The number of allylic oxidation sites excluding steroid dienone is 1. The van der Waals surface area contributed by atoms with Gasteiger partial charge >= 0.3 is 6.03 Å². The molecule has 2 N–H and O–H groups in total. The van der Waals surface area contributed by atoms with Gasteiger partial charge < -0.3 is 10.6 Å². The van der Waals surface area contributed by atoms with Crippen molar-refractivity contribution in [2.45, 2.75) is 13.0 Å². The van der Waals surface area contributed by atoms with Crippen molar-refractivity contribution in [3.8, 4) is 0 Å². The third-order valence-corrected chi connectivity index (χ3v) is 4.11. The summed E-state index contributed by atoms with van der Waals surface area (Å²) in [6.45, 7) is 1.72. The fraction of sp³-hybridized carbons (Fsp3) is 0.111. The molecule has 0 aromatic heterocycles. The largest absolute Gasteiger partial charge is 0.327 e. The number of hydrogen-bond acceptors (Lipinski definition) is 2. The minimum Gasteiger partial charge on any atom is -0.327 e. The maximum Gasteiger partial charge on any atom is 0.319 e. The van der Waals surface area contributed by atoms with Gasteiger partial charge in [-0.05, 0) is 18.6 Å². The minimum atomic E-state index is -0.579. The fourth-order valence-corrected chi connectivity index (χ4v) is 2.93. The van der Waals surface area contributed by atoms with Crippen molar-refractivity contribution in [1.29, 1.82) is 0 Å². The lowest BCUT2D eigenvalue weighted by Crippen LogP contribution is -2.45. The molecule has 0 saturated carbocycles. The van der Waals surface area contributed by atoms with E-state index in [1.807, 2.05) is 36.4 Å². The van der Waals surface area contributed by atoms with Crippen molar-refractivity contribution in [1.82, 2.24) is 10.6 Å². The summed E-state index contributed by atoms with van der Waals surface area (Å²) >= 11 is 6.26. The molecule has 2 aromatic carbocycles. The Morgan fingerprint density at radius 3 is 2.39 bits per heavy atom. The lowest BCUT2D eigenvalue weighted by Gasteiger charge is -2.29. The quantitative estimate of drug-likeness (QED) is 0.842. The zero-order valence-electron chi connectivity index (χ0n) is 12.5. The fourth-order valence-electron chi connectivity index (χ4n) is 2.68. The maximum atomic E-state index is 12.9. The van der Waals surface area contributed by atoms with Crippen LogP contribution in [-0.2, 0) is 0 Å². The number of Topliss-reactive ketones (excluding diaryl/α,β-unsaturated/α-hetero) is 1. The van der Waals surface area contributed by atoms with Crippen LogP contribution in [0.3, 0.4) is 0 Å². The van der Waals surface area contributed by atoms with E-state index in [-0.39, 0.29) is 11.8 Å². The number of urea groups is 1. The number of carbonyl (C=O) groups excluding carboxylic acids is 2. The van der Waals surface area contributed by atoms with E-state index in [9.17, 15) is 9.59 Å². The molecule has 1 aliphatic rings. The molecule has 1 unspecified atom stereocenters. The number of halogens is 1.